The fourth-order valence-electron chi connectivity index (χ4n) is 4.52. The van der Waals surface area contributed by atoms with Gasteiger partial charge in [-0.15, -0.1) is 21.5 Å². The number of methoxy groups -OCH3 is 1. The third-order valence-electron chi connectivity index (χ3n) is 6.41. The predicted octanol–water partition coefficient (Wildman–Crippen LogP) is 5.29. The lowest BCUT2D eigenvalue weighted by atomic mass is 10.00. The van der Waals surface area contributed by atoms with E-state index in [2.05, 4.69) is 38.4 Å². The van der Waals surface area contributed by atoms with Gasteiger partial charge in [0.25, 0.3) is 5.91 Å². The Morgan fingerprint density at radius 3 is 2.66 bits per heavy atom. The van der Waals surface area contributed by atoms with Crippen molar-refractivity contribution < 1.29 is 9.53 Å². The van der Waals surface area contributed by atoms with Crippen LogP contribution < -0.4 is 4.74 Å². The summed E-state index contributed by atoms with van der Waals surface area (Å²) < 4.78 is 7.63. The molecule has 3 aromatic heterocycles. The molecule has 38 heavy (non-hydrogen) atoms. The number of nitrogens with zero attached hydrogens (tertiary/aromatic N) is 6. The number of aromatic nitrogens is 5. The van der Waals surface area contributed by atoms with Crippen molar-refractivity contribution in [3.63, 3.8) is 0 Å². The molecule has 0 aliphatic carbocycles. The minimum Gasteiger partial charge on any atom is -0.495 e. The van der Waals surface area contributed by atoms with Crippen molar-refractivity contribution in [1.29, 1.82) is 0 Å². The summed E-state index contributed by atoms with van der Waals surface area (Å²) in [7, 11) is 1.65. The van der Waals surface area contributed by atoms with Crippen LogP contribution in [0.5, 0.6) is 5.75 Å². The number of hydrogen-bond donors (Lipinski definition) is 0. The molecule has 0 radical (unpaired) electrons. The number of carbonyl (C=O) groups is 1. The number of thiazole rings is 1. The van der Waals surface area contributed by atoms with E-state index in [-0.39, 0.29) is 5.91 Å². The van der Waals surface area contributed by atoms with E-state index in [1.54, 1.807) is 19.5 Å². The molecule has 0 unspecified atom stereocenters. The van der Waals surface area contributed by atoms with Crippen LogP contribution >= 0.6 is 23.1 Å². The van der Waals surface area contributed by atoms with Crippen molar-refractivity contribution in [3.05, 3.63) is 100 Å². The van der Waals surface area contributed by atoms with Crippen LogP contribution in [-0.2, 0) is 18.7 Å². The first-order valence-electron chi connectivity index (χ1n) is 12.1. The SMILES string of the molecule is COc1ccccc1-n1c(SCc2nc(C(=O)N3CCc4ccccc4C3)cs2)nnc1-c1ccncc1. The van der Waals surface area contributed by atoms with E-state index in [4.69, 9.17) is 4.74 Å². The fraction of sp³-hybridized carbons (Fsp3) is 0.179. The average Bonchev–Trinajstić information content (AvgIpc) is 3.63. The van der Waals surface area contributed by atoms with Crippen molar-refractivity contribution in [2.24, 2.45) is 0 Å². The van der Waals surface area contributed by atoms with Crippen molar-refractivity contribution in [3.8, 4) is 22.8 Å². The maximum Gasteiger partial charge on any atom is 0.273 e. The number of rotatable bonds is 7. The van der Waals surface area contributed by atoms with E-state index in [9.17, 15) is 4.79 Å². The number of para-hydroxylation sites is 2. The van der Waals surface area contributed by atoms with Gasteiger partial charge in [-0.25, -0.2) is 4.98 Å². The Morgan fingerprint density at radius 1 is 1.03 bits per heavy atom. The molecule has 0 bridgehead atoms. The normalized spacial score (nSPS) is 12.8. The van der Waals surface area contributed by atoms with Crippen LogP contribution in [0.15, 0.2) is 83.6 Å². The molecule has 0 saturated heterocycles. The molecule has 0 spiro atoms. The molecular weight excluding hydrogens is 516 g/mol. The lowest BCUT2D eigenvalue weighted by molar-refractivity contribution is 0.0729. The van der Waals surface area contributed by atoms with E-state index in [0.717, 1.165) is 28.4 Å². The van der Waals surface area contributed by atoms with Crippen molar-refractivity contribution in [2.45, 2.75) is 23.9 Å². The molecular formula is C28H24N6O2S2. The zero-order valence-corrected chi connectivity index (χ0v) is 22.3. The van der Waals surface area contributed by atoms with E-state index in [1.807, 2.05) is 57.3 Å². The Morgan fingerprint density at radius 2 is 1.82 bits per heavy atom. The highest BCUT2D eigenvalue weighted by Crippen LogP contribution is 2.34. The number of fused-ring (bicyclic) bond motifs is 1. The lowest BCUT2D eigenvalue weighted by Crippen LogP contribution is -2.36. The van der Waals surface area contributed by atoms with Crippen LogP contribution in [-0.4, -0.2) is 49.2 Å². The predicted molar refractivity (Wildman–Crippen MR) is 148 cm³/mol. The van der Waals surface area contributed by atoms with Crippen molar-refractivity contribution in [2.75, 3.05) is 13.7 Å². The fourth-order valence-corrected chi connectivity index (χ4v) is 6.25. The van der Waals surface area contributed by atoms with Gasteiger partial charge in [-0.05, 0) is 41.8 Å². The zero-order chi connectivity index (χ0) is 25.9. The average molecular weight is 541 g/mol. The first-order chi connectivity index (χ1) is 18.7. The lowest BCUT2D eigenvalue weighted by Gasteiger charge is -2.28. The van der Waals surface area contributed by atoms with Crippen LogP contribution in [0, 0.1) is 0 Å². The standard InChI is InChI=1S/C28H24N6O2S2/c1-36-24-9-5-4-8-23(24)34-26(20-10-13-29-14-11-20)31-32-28(34)38-18-25-30-22(17-37-25)27(35)33-15-12-19-6-2-3-7-21(19)16-33/h2-11,13-14,17H,12,15-16,18H2,1H3. The summed E-state index contributed by atoms with van der Waals surface area (Å²) in [4.78, 5) is 23.9. The topological polar surface area (TPSA) is 86.0 Å². The van der Waals surface area contributed by atoms with Crippen LogP contribution in [0.2, 0.25) is 0 Å². The Hall–Kier alpha value is -4.02. The summed E-state index contributed by atoms with van der Waals surface area (Å²) in [6, 6.07) is 19.9. The van der Waals surface area contributed by atoms with Crippen LogP contribution in [0.4, 0.5) is 0 Å². The van der Waals surface area contributed by atoms with Gasteiger partial charge >= 0.3 is 0 Å². The molecule has 5 aromatic rings. The number of amides is 1. The minimum absolute atomic E-state index is 0.0239. The second-order valence-corrected chi connectivity index (χ2v) is 10.6. The molecule has 2 aromatic carbocycles. The largest absolute Gasteiger partial charge is 0.495 e. The van der Waals surface area contributed by atoms with Gasteiger partial charge in [0.1, 0.15) is 16.5 Å². The molecule has 1 aliphatic heterocycles. The van der Waals surface area contributed by atoms with Crippen molar-refractivity contribution >= 4 is 29.0 Å². The highest BCUT2D eigenvalue weighted by atomic mass is 32.2. The first-order valence-corrected chi connectivity index (χ1v) is 14.0. The van der Waals surface area contributed by atoms with Gasteiger partial charge in [-0.2, -0.15) is 0 Å². The van der Waals surface area contributed by atoms with Crippen LogP contribution in [0.1, 0.15) is 26.6 Å². The number of thioether (sulfide) groups is 1. The summed E-state index contributed by atoms with van der Waals surface area (Å²) >= 11 is 3.01. The number of ether oxygens (including phenoxy) is 1. The molecule has 1 aliphatic rings. The van der Waals surface area contributed by atoms with Gasteiger partial charge in [0, 0.05) is 36.4 Å². The monoisotopic (exact) mass is 540 g/mol. The van der Waals surface area contributed by atoms with Gasteiger partial charge in [0.15, 0.2) is 11.0 Å². The molecule has 6 rings (SSSR count). The van der Waals surface area contributed by atoms with Crippen LogP contribution in [0.3, 0.4) is 0 Å². The molecule has 0 atom stereocenters. The highest BCUT2D eigenvalue weighted by Gasteiger charge is 2.24. The summed E-state index contributed by atoms with van der Waals surface area (Å²) in [6.45, 7) is 1.33. The Labute approximate surface area is 228 Å². The molecule has 1 amide bonds. The maximum absolute atomic E-state index is 13.2. The van der Waals surface area contributed by atoms with E-state index < -0.39 is 0 Å². The Balaban J connectivity index is 1.23. The maximum atomic E-state index is 13.2. The van der Waals surface area contributed by atoms with Gasteiger partial charge in [-0.1, -0.05) is 48.2 Å². The highest BCUT2D eigenvalue weighted by molar-refractivity contribution is 7.98. The molecule has 0 saturated carbocycles. The number of pyridine rings is 1. The smallest absolute Gasteiger partial charge is 0.273 e. The Kier molecular flexibility index (Phi) is 6.89. The summed E-state index contributed by atoms with van der Waals surface area (Å²) in [6.07, 6.45) is 4.34. The van der Waals surface area contributed by atoms with E-state index in [1.165, 1.54) is 34.2 Å². The second-order valence-electron chi connectivity index (χ2n) is 8.71. The molecule has 8 nitrogen and oxygen atoms in total. The van der Waals surface area contributed by atoms with Gasteiger partial charge in [0.2, 0.25) is 0 Å². The first kappa shape index (κ1) is 24.3. The zero-order valence-electron chi connectivity index (χ0n) is 20.7. The second kappa shape index (κ2) is 10.8. The number of carbonyl (C=O) groups excluding carboxylic acids is 1. The number of hydrogen-bond acceptors (Lipinski definition) is 8. The third kappa shape index (κ3) is 4.80. The molecule has 10 heteroatoms. The number of benzene rings is 2. The van der Waals surface area contributed by atoms with Gasteiger partial charge in [-0.3, -0.25) is 14.3 Å². The minimum atomic E-state index is -0.0239. The van der Waals surface area contributed by atoms with E-state index in [0.29, 0.717) is 35.5 Å². The van der Waals surface area contributed by atoms with Gasteiger partial charge in [0.05, 0.1) is 18.6 Å². The summed E-state index contributed by atoms with van der Waals surface area (Å²) in [5.41, 5.74) is 4.76. The summed E-state index contributed by atoms with van der Waals surface area (Å²) in [5, 5.41) is 12.4. The summed E-state index contributed by atoms with van der Waals surface area (Å²) in [5.74, 6) is 1.95. The third-order valence-corrected chi connectivity index (χ3v) is 8.38. The molecule has 0 N–H and O–H groups in total. The van der Waals surface area contributed by atoms with Gasteiger partial charge < -0.3 is 9.64 Å². The van der Waals surface area contributed by atoms with E-state index >= 15 is 0 Å². The molecule has 4 heterocycles. The van der Waals surface area contributed by atoms with Crippen molar-refractivity contribution in [1.82, 2.24) is 29.6 Å². The quantitative estimate of drug-likeness (QED) is 0.260. The molecule has 0 fully saturated rings. The molecule has 190 valence electrons. The Bertz CT molecular complexity index is 1580. The van der Waals surface area contributed by atoms with Crippen LogP contribution in [0.25, 0.3) is 17.1 Å².